The molecule has 2 aromatic carbocycles. The standard InChI is InChI=1S/C26H28N2O2/c1-19-14-21(15-20-8-4-3-5-9-20)16-25(27-19)23-11-7-13-28(18-23)26(29)22-10-6-12-24(17-22)30-2/h3-6,8-10,12,14,16-17,23H,7,11,13,15,18H2,1-2H3/t23-/m1/s1. The number of amides is 1. The van der Waals surface area contributed by atoms with Gasteiger partial charge in [-0.15, -0.1) is 0 Å². The molecule has 0 aliphatic carbocycles. The van der Waals surface area contributed by atoms with Crippen molar-refractivity contribution in [1.29, 1.82) is 0 Å². The summed E-state index contributed by atoms with van der Waals surface area (Å²) in [5, 5.41) is 0. The number of methoxy groups -OCH3 is 1. The van der Waals surface area contributed by atoms with Crippen molar-refractivity contribution in [1.82, 2.24) is 9.88 Å². The van der Waals surface area contributed by atoms with Crippen molar-refractivity contribution in [3.05, 3.63) is 94.8 Å². The van der Waals surface area contributed by atoms with Gasteiger partial charge in [0.25, 0.3) is 5.91 Å². The Kier molecular flexibility index (Phi) is 6.12. The molecule has 4 nitrogen and oxygen atoms in total. The van der Waals surface area contributed by atoms with Crippen LogP contribution in [0.3, 0.4) is 0 Å². The molecule has 4 rings (SSSR count). The molecule has 1 aliphatic rings. The number of rotatable bonds is 5. The van der Waals surface area contributed by atoms with Gasteiger partial charge in [-0.25, -0.2) is 0 Å². The van der Waals surface area contributed by atoms with Gasteiger partial charge < -0.3 is 9.64 Å². The van der Waals surface area contributed by atoms with Gasteiger partial charge >= 0.3 is 0 Å². The Labute approximate surface area is 178 Å². The number of hydrogen-bond donors (Lipinski definition) is 0. The second-order valence-corrected chi connectivity index (χ2v) is 8.03. The van der Waals surface area contributed by atoms with E-state index in [-0.39, 0.29) is 11.8 Å². The van der Waals surface area contributed by atoms with Gasteiger partial charge in [-0.1, -0.05) is 36.4 Å². The molecule has 1 amide bonds. The molecule has 1 fully saturated rings. The minimum absolute atomic E-state index is 0.0655. The van der Waals surface area contributed by atoms with Crippen LogP contribution in [0.4, 0.5) is 0 Å². The number of pyridine rings is 1. The van der Waals surface area contributed by atoms with Crippen molar-refractivity contribution in [2.75, 3.05) is 20.2 Å². The number of benzene rings is 2. The summed E-state index contributed by atoms with van der Waals surface area (Å²) in [7, 11) is 1.62. The number of piperidine rings is 1. The fourth-order valence-corrected chi connectivity index (χ4v) is 4.25. The molecule has 30 heavy (non-hydrogen) atoms. The molecule has 0 spiro atoms. The summed E-state index contributed by atoms with van der Waals surface area (Å²) < 4.78 is 5.28. The first kappa shape index (κ1) is 20.1. The Morgan fingerprint density at radius 1 is 1.07 bits per heavy atom. The van der Waals surface area contributed by atoms with Gasteiger partial charge in [0.1, 0.15) is 5.75 Å². The van der Waals surface area contributed by atoms with Crippen LogP contribution in [0.2, 0.25) is 0 Å². The van der Waals surface area contributed by atoms with E-state index in [4.69, 9.17) is 9.72 Å². The molecule has 3 aromatic rings. The maximum atomic E-state index is 13.1. The number of carbonyl (C=O) groups is 1. The Balaban J connectivity index is 1.52. The SMILES string of the molecule is COc1cccc(C(=O)N2CCC[C@@H](c3cc(Cc4ccccc4)cc(C)n3)C2)c1. The molecule has 1 aliphatic heterocycles. The summed E-state index contributed by atoms with van der Waals surface area (Å²) in [5.41, 5.74) is 5.39. The largest absolute Gasteiger partial charge is 0.497 e. The van der Waals surface area contributed by atoms with Crippen LogP contribution >= 0.6 is 0 Å². The van der Waals surface area contributed by atoms with Gasteiger partial charge in [-0.3, -0.25) is 9.78 Å². The third-order valence-electron chi connectivity index (χ3n) is 5.73. The molecule has 0 unspecified atom stereocenters. The highest BCUT2D eigenvalue weighted by molar-refractivity contribution is 5.94. The summed E-state index contributed by atoms with van der Waals surface area (Å²) in [6.45, 7) is 3.55. The number of hydrogen-bond acceptors (Lipinski definition) is 3. The molecule has 2 heterocycles. The Hall–Kier alpha value is -3.14. The second-order valence-electron chi connectivity index (χ2n) is 8.03. The van der Waals surface area contributed by atoms with Crippen LogP contribution in [-0.2, 0) is 6.42 Å². The van der Waals surface area contributed by atoms with Crippen molar-refractivity contribution in [3.8, 4) is 5.75 Å². The fraction of sp³-hybridized carbons (Fsp3) is 0.308. The molecule has 0 saturated carbocycles. The zero-order chi connectivity index (χ0) is 20.9. The second kappa shape index (κ2) is 9.12. The average Bonchev–Trinajstić information content (AvgIpc) is 2.79. The van der Waals surface area contributed by atoms with Crippen LogP contribution in [0.1, 0.15) is 51.6 Å². The molecule has 4 heteroatoms. The monoisotopic (exact) mass is 400 g/mol. The van der Waals surface area contributed by atoms with Crippen molar-refractivity contribution in [3.63, 3.8) is 0 Å². The van der Waals surface area contributed by atoms with E-state index in [1.165, 1.54) is 11.1 Å². The zero-order valence-corrected chi connectivity index (χ0v) is 17.7. The highest BCUT2D eigenvalue weighted by atomic mass is 16.5. The van der Waals surface area contributed by atoms with Crippen LogP contribution in [0.5, 0.6) is 5.75 Å². The van der Waals surface area contributed by atoms with Gasteiger partial charge in [-0.2, -0.15) is 0 Å². The summed E-state index contributed by atoms with van der Waals surface area (Å²) in [5.74, 6) is 1.04. The highest BCUT2D eigenvalue weighted by Crippen LogP contribution is 2.28. The molecular formula is C26H28N2O2. The first-order valence-electron chi connectivity index (χ1n) is 10.6. The van der Waals surface area contributed by atoms with Gasteiger partial charge in [0, 0.05) is 36.0 Å². The van der Waals surface area contributed by atoms with Gasteiger partial charge in [0.05, 0.1) is 7.11 Å². The maximum absolute atomic E-state index is 13.1. The van der Waals surface area contributed by atoms with Crippen LogP contribution in [-0.4, -0.2) is 36.0 Å². The molecule has 154 valence electrons. The van der Waals surface area contributed by atoms with Crippen molar-refractivity contribution >= 4 is 5.91 Å². The molecule has 0 N–H and O–H groups in total. The minimum atomic E-state index is 0.0655. The third-order valence-corrected chi connectivity index (χ3v) is 5.73. The third kappa shape index (κ3) is 4.70. The van der Waals surface area contributed by atoms with Gasteiger partial charge in [-0.05, 0) is 67.6 Å². The number of likely N-dealkylation sites (tertiary alicyclic amines) is 1. The predicted molar refractivity (Wildman–Crippen MR) is 119 cm³/mol. The summed E-state index contributed by atoms with van der Waals surface area (Å²) >= 11 is 0. The van der Waals surface area contributed by atoms with E-state index in [9.17, 15) is 4.79 Å². The fourth-order valence-electron chi connectivity index (χ4n) is 4.25. The van der Waals surface area contributed by atoms with Crippen molar-refractivity contribution in [2.45, 2.75) is 32.1 Å². The quantitative estimate of drug-likeness (QED) is 0.605. The molecule has 1 saturated heterocycles. The summed E-state index contributed by atoms with van der Waals surface area (Å²) in [6, 6.07) is 22.3. The van der Waals surface area contributed by atoms with Crippen LogP contribution < -0.4 is 4.74 Å². The Bertz CT molecular complexity index is 1020. The van der Waals surface area contributed by atoms with Gasteiger partial charge in [0.2, 0.25) is 0 Å². The van der Waals surface area contributed by atoms with Crippen molar-refractivity contribution < 1.29 is 9.53 Å². The van der Waals surface area contributed by atoms with Crippen LogP contribution in [0, 0.1) is 6.92 Å². The van der Waals surface area contributed by atoms with E-state index in [0.29, 0.717) is 17.9 Å². The minimum Gasteiger partial charge on any atom is -0.497 e. The smallest absolute Gasteiger partial charge is 0.254 e. The van der Waals surface area contributed by atoms with E-state index in [2.05, 4.69) is 43.3 Å². The predicted octanol–water partition coefficient (Wildman–Crippen LogP) is 5.01. The Morgan fingerprint density at radius 3 is 2.70 bits per heavy atom. The lowest BCUT2D eigenvalue weighted by Gasteiger charge is -2.33. The van der Waals surface area contributed by atoms with E-state index >= 15 is 0 Å². The van der Waals surface area contributed by atoms with E-state index < -0.39 is 0 Å². The molecule has 0 radical (unpaired) electrons. The molecule has 1 aromatic heterocycles. The van der Waals surface area contributed by atoms with E-state index in [1.807, 2.05) is 35.2 Å². The van der Waals surface area contributed by atoms with E-state index in [0.717, 1.165) is 37.2 Å². The van der Waals surface area contributed by atoms with Crippen molar-refractivity contribution in [2.24, 2.45) is 0 Å². The lowest BCUT2D eigenvalue weighted by atomic mass is 9.92. The molecule has 0 bridgehead atoms. The molecular weight excluding hydrogens is 372 g/mol. The number of aryl methyl sites for hydroxylation is 1. The van der Waals surface area contributed by atoms with Crippen LogP contribution in [0.15, 0.2) is 66.7 Å². The zero-order valence-electron chi connectivity index (χ0n) is 17.7. The maximum Gasteiger partial charge on any atom is 0.254 e. The number of aromatic nitrogens is 1. The lowest BCUT2D eigenvalue weighted by Crippen LogP contribution is -2.39. The normalized spacial score (nSPS) is 16.3. The van der Waals surface area contributed by atoms with Crippen LogP contribution in [0.25, 0.3) is 0 Å². The average molecular weight is 401 g/mol. The first-order chi connectivity index (χ1) is 14.6. The topological polar surface area (TPSA) is 42.4 Å². The summed E-state index contributed by atoms with van der Waals surface area (Å²) in [4.78, 5) is 19.9. The first-order valence-corrected chi connectivity index (χ1v) is 10.6. The Morgan fingerprint density at radius 2 is 1.90 bits per heavy atom. The number of carbonyl (C=O) groups excluding carboxylic acids is 1. The molecule has 1 atom stereocenters. The lowest BCUT2D eigenvalue weighted by molar-refractivity contribution is 0.0705. The van der Waals surface area contributed by atoms with E-state index in [1.54, 1.807) is 7.11 Å². The number of nitrogens with zero attached hydrogens (tertiary/aromatic N) is 2. The summed E-state index contributed by atoms with van der Waals surface area (Å²) in [6.07, 6.45) is 2.95. The number of ether oxygens (including phenoxy) is 1. The van der Waals surface area contributed by atoms with Gasteiger partial charge in [0.15, 0.2) is 0 Å². The highest BCUT2D eigenvalue weighted by Gasteiger charge is 2.27.